The maximum Gasteiger partial charge on any atom is 0.417 e. The summed E-state index contributed by atoms with van der Waals surface area (Å²) >= 11 is 0. The van der Waals surface area contributed by atoms with E-state index in [0.29, 0.717) is 6.07 Å². The molecular formula is C18H19F4NO4. The quantitative estimate of drug-likeness (QED) is 0.425. The fraction of sp³-hybridized carbons (Fsp3) is 0.444. The number of carbonyl (C=O) groups excluding carboxylic acids is 2. The third-order valence-electron chi connectivity index (χ3n) is 3.77. The minimum absolute atomic E-state index is 0.0909. The zero-order valence-electron chi connectivity index (χ0n) is 15.2. The van der Waals surface area contributed by atoms with Gasteiger partial charge in [-0.25, -0.2) is 14.0 Å². The summed E-state index contributed by atoms with van der Waals surface area (Å²) in [6.07, 6.45) is -2.68. The van der Waals surface area contributed by atoms with E-state index >= 15 is 0 Å². The average Bonchev–Trinajstić information content (AvgIpc) is 3.00. The third-order valence-corrected chi connectivity index (χ3v) is 3.77. The molecule has 1 amide bonds. The molecule has 0 spiro atoms. The monoisotopic (exact) mass is 389 g/mol. The minimum Gasteiger partial charge on any atom is -0.465 e. The van der Waals surface area contributed by atoms with Gasteiger partial charge in [0.1, 0.15) is 17.0 Å². The zero-order valence-corrected chi connectivity index (χ0v) is 15.2. The molecule has 0 radical (unpaired) electrons. The van der Waals surface area contributed by atoms with Crippen molar-refractivity contribution in [1.82, 2.24) is 4.90 Å². The average molecular weight is 389 g/mol. The van der Waals surface area contributed by atoms with Crippen molar-refractivity contribution >= 4 is 12.1 Å². The molecule has 1 atom stereocenters. The first-order valence-electron chi connectivity index (χ1n) is 8.01. The Labute approximate surface area is 153 Å². The predicted molar refractivity (Wildman–Crippen MR) is 87.6 cm³/mol. The molecule has 1 unspecified atom stereocenters. The summed E-state index contributed by atoms with van der Waals surface area (Å²) in [5, 5.41) is 0. The van der Waals surface area contributed by atoms with Gasteiger partial charge in [0.25, 0.3) is 0 Å². The molecule has 0 aliphatic carbocycles. The van der Waals surface area contributed by atoms with Crippen molar-refractivity contribution in [2.75, 3.05) is 13.7 Å². The molecule has 1 aromatic carbocycles. The Kier molecular flexibility index (Phi) is 5.53. The molecule has 0 N–H and O–H groups in total. The van der Waals surface area contributed by atoms with Crippen molar-refractivity contribution in [2.24, 2.45) is 0 Å². The summed E-state index contributed by atoms with van der Waals surface area (Å²) in [4.78, 5) is 25.3. The van der Waals surface area contributed by atoms with Gasteiger partial charge in [-0.15, -0.1) is 0 Å². The predicted octanol–water partition coefficient (Wildman–Crippen LogP) is 4.48. The highest BCUT2D eigenvalue weighted by Gasteiger charge is 2.40. The van der Waals surface area contributed by atoms with Crippen LogP contribution in [0.5, 0.6) is 0 Å². The molecule has 1 aliphatic heterocycles. The van der Waals surface area contributed by atoms with Gasteiger partial charge in [-0.3, -0.25) is 4.90 Å². The van der Waals surface area contributed by atoms with E-state index in [0.717, 1.165) is 18.1 Å². The number of esters is 1. The van der Waals surface area contributed by atoms with Gasteiger partial charge in [0.2, 0.25) is 0 Å². The Morgan fingerprint density at radius 3 is 2.33 bits per heavy atom. The normalized spacial score (nSPS) is 17.2. The third kappa shape index (κ3) is 4.40. The molecule has 1 heterocycles. The SMILES string of the molecule is COC(=O)c1c(C(F)(F)F)ccc(C2C=CCN2C(=O)OC(C)(C)C)c1F. The molecule has 1 aromatic rings. The van der Waals surface area contributed by atoms with Gasteiger partial charge in [-0.1, -0.05) is 18.2 Å². The van der Waals surface area contributed by atoms with Crippen molar-refractivity contribution in [2.45, 2.75) is 38.6 Å². The first-order chi connectivity index (χ1) is 12.4. The molecule has 0 aromatic heterocycles. The number of nitrogens with zero attached hydrogens (tertiary/aromatic N) is 1. The van der Waals surface area contributed by atoms with Crippen LogP contribution >= 0.6 is 0 Å². The van der Waals surface area contributed by atoms with Crippen LogP contribution in [0.4, 0.5) is 22.4 Å². The first kappa shape index (κ1) is 20.7. The molecule has 9 heteroatoms. The highest BCUT2D eigenvalue weighted by atomic mass is 19.4. The fourth-order valence-corrected chi connectivity index (χ4v) is 2.66. The van der Waals surface area contributed by atoms with Crippen molar-refractivity contribution in [3.05, 3.63) is 46.8 Å². The summed E-state index contributed by atoms with van der Waals surface area (Å²) in [5.41, 5.74) is -3.73. The molecule has 148 valence electrons. The Bertz CT molecular complexity index is 781. The Hall–Kier alpha value is -2.58. The van der Waals surface area contributed by atoms with Gasteiger partial charge in [0, 0.05) is 12.1 Å². The minimum atomic E-state index is -4.95. The number of rotatable bonds is 2. The lowest BCUT2D eigenvalue weighted by atomic mass is 9.97. The molecule has 27 heavy (non-hydrogen) atoms. The van der Waals surface area contributed by atoms with Gasteiger partial charge >= 0.3 is 18.2 Å². The number of ether oxygens (including phenoxy) is 2. The van der Waals surface area contributed by atoms with Crippen LogP contribution in [-0.4, -0.2) is 36.2 Å². The van der Waals surface area contributed by atoms with Crippen molar-refractivity contribution in [3.8, 4) is 0 Å². The van der Waals surface area contributed by atoms with Crippen LogP contribution in [0.25, 0.3) is 0 Å². The van der Waals surface area contributed by atoms with E-state index in [1.807, 2.05) is 0 Å². The van der Waals surface area contributed by atoms with Crippen LogP contribution in [0.1, 0.15) is 48.3 Å². The van der Waals surface area contributed by atoms with Crippen LogP contribution in [0, 0.1) is 5.82 Å². The van der Waals surface area contributed by atoms with Crippen LogP contribution < -0.4 is 0 Å². The van der Waals surface area contributed by atoms with E-state index in [4.69, 9.17) is 4.74 Å². The highest BCUT2D eigenvalue weighted by molar-refractivity contribution is 5.92. The van der Waals surface area contributed by atoms with Crippen molar-refractivity contribution < 1.29 is 36.6 Å². The van der Waals surface area contributed by atoms with E-state index in [2.05, 4.69) is 4.74 Å². The standard InChI is InChI=1S/C18H19F4NO4/c1-17(2,3)27-16(25)23-9-5-6-12(23)10-7-8-11(18(20,21)22)13(14(10)19)15(24)26-4/h5-8,12H,9H2,1-4H3. The molecule has 0 saturated carbocycles. The number of alkyl halides is 3. The van der Waals surface area contributed by atoms with Crippen LogP contribution in [-0.2, 0) is 15.7 Å². The summed E-state index contributed by atoms with van der Waals surface area (Å²) < 4.78 is 63.9. The van der Waals surface area contributed by atoms with E-state index in [-0.39, 0.29) is 12.1 Å². The highest BCUT2D eigenvalue weighted by Crippen LogP contribution is 2.38. The second kappa shape index (κ2) is 7.21. The summed E-state index contributed by atoms with van der Waals surface area (Å²) in [6, 6.07) is 0.498. The van der Waals surface area contributed by atoms with E-state index in [9.17, 15) is 27.2 Å². The van der Waals surface area contributed by atoms with Gasteiger partial charge in [-0.05, 0) is 26.8 Å². The topological polar surface area (TPSA) is 55.8 Å². The largest absolute Gasteiger partial charge is 0.465 e. The summed E-state index contributed by atoms with van der Waals surface area (Å²) in [5.74, 6) is -2.84. The molecular weight excluding hydrogens is 370 g/mol. The van der Waals surface area contributed by atoms with E-state index < -0.39 is 46.8 Å². The lowest BCUT2D eigenvalue weighted by molar-refractivity contribution is -0.138. The second-order valence-electron chi connectivity index (χ2n) is 6.89. The maximum absolute atomic E-state index is 14.9. The lowest BCUT2D eigenvalue weighted by Crippen LogP contribution is -2.37. The van der Waals surface area contributed by atoms with Crippen LogP contribution in [0.3, 0.4) is 0 Å². The van der Waals surface area contributed by atoms with Crippen molar-refractivity contribution in [1.29, 1.82) is 0 Å². The molecule has 0 bridgehead atoms. The van der Waals surface area contributed by atoms with Crippen molar-refractivity contribution in [3.63, 3.8) is 0 Å². The smallest absolute Gasteiger partial charge is 0.417 e. The van der Waals surface area contributed by atoms with E-state index in [1.54, 1.807) is 26.8 Å². The number of halogens is 4. The number of hydrogen-bond acceptors (Lipinski definition) is 4. The van der Waals surface area contributed by atoms with Gasteiger partial charge in [0.15, 0.2) is 0 Å². The Morgan fingerprint density at radius 2 is 1.81 bits per heavy atom. The maximum atomic E-state index is 14.9. The van der Waals surface area contributed by atoms with E-state index in [1.165, 1.54) is 6.08 Å². The van der Waals surface area contributed by atoms with Gasteiger partial charge < -0.3 is 9.47 Å². The number of amides is 1. The zero-order chi connectivity index (χ0) is 20.6. The number of carbonyl (C=O) groups is 2. The Balaban J connectivity index is 2.50. The molecule has 0 saturated heterocycles. The summed E-state index contributed by atoms with van der Waals surface area (Å²) in [6.45, 7) is 5.04. The second-order valence-corrected chi connectivity index (χ2v) is 6.89. The first-order valence-corrected chi connectivity index (χ1v) is 8.01. The number of hydrogen-bond donors (Lipinski definition) is 0. The summed E-state index contributed by atoms with van der Waals surface area (Å²) in [7, 11) is 0.858. The number of benzene rings is 1. The van der Waals surface area contributed by atoms with Crippen LogP contribution in [0.15, 0.2) is 24.3 Å². The Morgan fingerprint density at radius 1 is 1.19 bits per heavy atom. The number of methoxy groups -OCH3 is 1. The fourth-order valence-electron chi connectivity index (χ4n) is 2.66. The molecule has 0 fully saturated rings. The van der Waals surface area contributed by atoms with Gasteiger partial charge in [-0.2, -0.15) is 13.2 Å². The lowest BCUT2D eigenvalue weighted by Gasteiger charge is -2.29. The molecule has 2 rings (SSSR count). The molecule has 5 nitrogen and oxygen atoms in total. The van der Waals surface area contributed by atoms with Crippen LogP contribution in [0.2, 0.25) is 0 Å². The van der Waals surface area contributed by atoms with Gasteiger partial charge in [0.05, 0.1) is 18.7 Å². The molecule has 1 aliphatic rings.